The Kier molecular flexibility index (Phi) is 5.45. The Bertz CT molecular complexity index is 476. The highest BCUT2D eigenvalue weighted by molar-refractivity contribution is 5.51. The van der Waals surface area contributed by atoms with Crippen LogP contribution < -0.4 is 9.47 Å². The van der Waals surface area contributed by atoms with E-state index >= 15 is 0 Å². The lowest BCUT2D eigenvalue weighted by Crippen LogP contribution is -2.36. The van der Waals surface area contributed by atoms with Gasteiger partial charge in [0.25, 0.3) is 0 Å². The van der Waals surface area contributed by atoms with Crippen molar-refractivity contribution in [1.29, 1.82) is 0 Å². The standard InChI is InChI=1S/C16H25NO4/c1-11(2)21-8-7-17-9-12-14(19-3)5-6-15(20-4)16(12)13(18)10-17/h5-6,11,13,18H,7-10H2,1-4H3/t13-/m1/s1. The molecule has 5 heteroatoms. The lowest BCUT2D eigenvalue weighted by atomic mass is 9.95. The number of methoxy groups -OCH3 is 2. The number of fused-ring (bicyclic) bond motifs is 1. The van der Waals surface area contributed by atoms with Crippen LogP contribution in [0.3, 0.4) is 0 Å². The maximum absolute atomic E-state index is 10.5. The summed E-state index contributed by atoms with van der Waals surface area (Å²) in [5.41, 5.74) is 1.85. The van der Waals surface area contributed by atoms with E-state index in [2.05, 4.69) is 4.90 Å². The quantitative estimate of drug-likeness (QED) is 0.869. The van der Waals surface area contributed by atoms with E-state index in [1.54, 1.807) is 14.2 Å². The zero-order chi connectivity index (χ0) is 15.4. The predicted octanol–water partition coefficient (Wildman–Crippen LogP) is 1.98. The topological polar surface area (TPSA) is 51.2 Å². The molecule has 1 aliphatic heterocycles. The van der Waals surface area contributed by atoms with Crippen LogP contribution in [0.4, 0.5) is 0 Å². The Labute approximate surface area is 126 Å². The Morgan fingerprint density at radius 2 is 1.90 bits per heavy atom. The molecule has 1 atom stereocenters. The average Bonchev–Trinajstić information content (AvgIpc) is 2.45. The summed E-state index contributed by atoms with van der Waals surface area (Å²) in [6, 6.07) is 3.73. The molecule has 1 aliphatic rings. The lowest BCUT2D eigenvalue weighted by Gasteiger charge is -2.34. The minimum absolute atomic E-state index is 0.224. The molecule has 0 aliphatic carbocycles. The van der Waals surface area contributed by atoms with Crippen LogP contribution in [0.1, 0.15) is 31.1 Å². The molecule has 1 aromatic carbocycles. The van der Waals surface area contributed by atoms with Crippen LogP contribution in [0, 0.1) is 0 Å². The summed E-state index contributed by atoms with van der Waals surface area (Å²) in [4.78, 5) is 2.18. The highest BCUT2D eigenvalue weighted by Crippen LogP contribution is 2.39. The first-order chi connectivity index (χ1) is 10.1. The molecule has 0 unspecified atom stereocenters. The van der Waals surface area contributed by atoms with Crippen LogP contribution in [0.25, 0.3) is 0 Å². The molecule has 0 saturated carbocycles. The predicted molar refractivity (Wildman–Crippen MR) is 80.9 cm³/mol. The summed E-state index contributed by atoms with van der Waals surface area (Å²) < 4.78 is 16.4. The minimum Gasteiger partial charge on any atom is -0.496 e. The van der Waals surface area contributed by atoms with E-state index in [9.17, 15) is 5.11 Å². The minimum atomic E-state index is -0.571. The molecule has 0 fully saturated rings. The molecule has 0 bridgehead atoms. The molecule has 118 valence electrons. The van der Waals surface area contributed by atoms with E-state index in [0.717, 1.165) is 35.7 Å². The van der Waals surface area contributed by atoms with Gasteiger partial charge in [-0.25, -0.2) is 0 Å². The van der Waals surface area contributed by atoms with Crippen LogP contribution in [-0.4, -0.2) is 50.0 Å². The van der Waals surface area contributed by atoms with E-state index in [-0.39, 0.29) is 6.10 Å². The van der Waals surface area contributed by atoms with Gasteiger partial charge in [-0.1, -0.05) is 0 Å². The van der Waals surface area contributed by atoms with E-state index < -0.39 is 6.10 Å². The fourth-order valence-corrected chi connectivity index (χ4v) is 2.73. The second kappa shape index (κ2) is 7.11. The first-order valence-electron chi connectivity index (χ1n) is 7.32. The van der Waals surface area contributed by atoms with Crippen molar-refractivity contribution in [3.05, 3.63) is 23.3 Å². The number of hydrogen-bond acceptors (Lipinski definition) is 5. The molecule has 21 heavy (non-hydrogen) atoms. The zero-order valence-electron chi connectivity index (χ0n) is 13.3. The summed E-state index contributed by atoms with van der Waals surface area (Å²) in [5, 5.41) is 10.5. The molecular formula is C16H25NO4. The van der Waals surface area contributed by atoms with Gasteiger partial charge in [-0.15, -0.1) is 0 Å². The highest BCUT2D eigenvalue weighted by atomic mass is 16.5. The summed E-state index contributed by atoms with van der Waals surface area (Å²) in [5.74, 6) is 1.51. The van der Waals surface area contributed by atoms with Gasteiger partial charge in [0.2, 0.25) is 0 Å². The van der Waals surface area contributed by atoms with E-state index in [4.69, 9.17) is 14.2 Å². The SMILES string of the molecule is COc1ccc(OC)c2c1CN(CCOC(C)C)C[C@H]2O. The van der Waals surface area contributed by atoms with Crippen LogP contribution in [0.5, 0.6) is 11.5 Å². The van der Waals surface area contributed by atoms with Crippen molar-refractivity contribution in [2.45, 2.75) is 32.6 Å². The Morgan fingerprint density at radius 1 is 1.24 bits per heavy atom. The van der Waals surface area contributed by atoms with Crippen LogP contribution in [0.15, 0.2) is 12.1 Å². The van der Waals surface area contributed by atoms with Gasteiger partial charge in [0.1, 0.15) is 11.5 Å². The number of ether oxygens (including phenoxy) is 3. The van der Waals surface area contributed by atoms with Crippen LogP contribution in [-0.2, 0) is 11.3 Å². The van der Waals surface area contributed by atoms with E-state index in [1.165, 1.54) is 0 Å². The summed E-state index contributed by atoms with van der Waals surface area (Å²) in [6.07, 6.45) is -0.348. The third-order valence-corrected chi connectivity index (χ3v) is 3.72. The summed E-state index contributed by atoms with van der Waals surface area (Å²) >= 11 is 0. The molecule has 5 nitrogen and oxygen atoms in total. The fourth-order valence-electron chi connectivity index (χ4n) is 2.73. The van der Waals surface area contributed by atoms with Gasteiger partial charge in [0.05, 0.1) is 33.0 Å². The summed E-state index contributed by atoms with van der Waals surface area (Å²) in [7, 11) is 3.27. The molecule has 0 radical (unpaired) electrons. The molecule has 1 N–H and O–H groups in total. The molecule has 0 saturated heterocycles. The number of aliphatic hydroxyl groups excluding tert-OH is 1. The fraction of sp³-hybridized carbons (Fsp3) is 0.625. The van der Waals surface area contributed by atoms with Crippen molar-refractivity contribution in [2.24, 2.45) is 0 Å². The molecule has 0 amide bonds. The molecule has 1 heterocycles. The molecule has 0 spiro atoms. The van der Waals surface area contributed by atoms with Gasteiger partial charge >= 0.3 is 0 Å². The lowest BCUT2D eigenvalue weighted by molar-refractivity contribution is 0.0343. The maximum atomic E-state index is 10.5. The summed E-state index contributed by atoms with van der Waals surface area (Å²) in [6.45, 7) is 6.80. The van der Waals surface area contributed by atoms with Gasteiger partial charge in [-0.2, -0.15) is 0 Å². The number of nitrogens with zero attached hydrogens (tertiary/aromatic N) is 1. The Morgan fingerprint density at radius 3 is 2.52 bits per heavy atom. The Balaban J connectivity index is 2.17. The molecular weight excluding hydrogens is 270 g/mol. The van der Waals surface area contributed by atoms with Crippen molar-refractivity contribution in [1.82, 2.24) is 4.90 Å². The monoisotopic (exact) mass is 295 g/mol. The number of aliphatic hydroxyl groups is 1. The average molecular weight is 295 g/mol. The maximum Gasteiger partial charge on any atom is 0.125 e. The molecule has 1 aromatic rings. The second-order valence-electron chi connectivity index (χ2n) is 5.53. The van der Waals surface area contributed by atoms with Crippen LogP contribution in [0.2, 0.25) is 0 Å². The van der Waals surface area contributed by atoms with Crippen LogP contribution >= 0.6 is 0 Å². The Hall–Kier alpha value is -1.30. The number of β-amino-alcohol motifs (C(OH)–C–C–N with tert-alkyl or cyclic N) is 1. The van der Waals surface area contributed by atoms with Crippen molar-refractivity contribution >= 4 is 0 Å². The van der Waals surface area contributed by atoms with E-state index in [0.29, 0.717) is 13.2 Å². The normalized spacial score (nSPS) is 18.7. The third-order valence-electron chi connectivity index (χ3n) is 3.72. The van der Waals surface area contributed by atoms with Crippen molar-refractivity contribution in [3.63, 3.8) is 0 Å². The second-order valence-corrected chi connectivity index (χ2v) is 5.53. The molecule has 2 rings (SSSR count). The zero-order valence-corrected chi connectivity index (χ0v) is 13.3. The van der Waals surface area contributed by atoms with Crippen molar-refractivity contribution in [2.75, 3.05) is 33.9 Å². The van der Waals surface area contributed by atoms with Crippen molar-refractivity contribution in [3.8, 4) is 11.5 Å². The van der Waals surface area contributed by atoms with Gasteiger partial charge < -0.3 is 19.3 Å². The van der Waals surface area contributed by atoms with Gasteiger partial charge in [0.15, 0.2) is 0 Å². The van der Waals surface area contributed by atoms with Gasteiger partial charge in [-0.3, -0.25) is 4.90 Å². The van der Waals surface area contributed by atoms with Gasteiger partial charge in [0, 0.05) is 30.8 Å². The largest absolute Gasteiger partial charge is 0.496 e. The first-order valence-corrected chi connectivity index (χ1v) is 7.32. The number of hydrogen-bond donors (Lipinski definition) is 1. The first kappa shape index (κ1) is 16.1. The third kappa shape index (κ3) is 3.67. The highest BCUT2D eigenvalue weighted by Gasteiger charge is 2.29. The van der Waals surface area contributed by atoms with Gasteiger partial charge in [-0.05, 0) is 26.0 Å². The van der Waals surface area contributed by atoms with Crippen molar-refractivity contribution < 1.29 is 19.3 Å². The smallest absolute Gasteiger partial charge is 0.125 e. The number of rotatable bonds is 6. The number of benzene rings is 1. The van der Waals surface area contributed by atoms with E-state index in [1.807, 2.05) is 26.0 Å². The molecule has 0 aromatic heterocycles.